The Labute approximate surface area is 158 Å². The van der Waals surface area contributed by atoms with Crippen molar-refractivity contribution in [3.8, 4) is 0 Å². The van der Waals surface area contributed by atoms with E-state index in [1.807, 2.05) is 25.1 Å². The summed E-state index contributed by atoms with van der Waals surface area (Å²) in [5.41, 5.74) is 1.70. The number of carbonyl (C=O) groups is 2. The highest BCUT2D eigenvalue weighted by Gasteiger charge is 2.24. The number of morpholine rings is 1. The zero-order chi connectivity index (χ0) is 19.2. The van der Waals surface area contributed by atoms with Gasteiger partial charge in [0.1, 0.15) is 18.5 Å². The van der Waals surface area contributed by atoms with Crippen molar-refractivity contribution in [2.45, 2.75) is 32.9 Å². The van der Waals surface area contributed by atoms with Gasteiger partial charge in [0.2, 0.25) is 11.8 Å². The third-order valence-corrected chi connectivity index (χ3v) is 4.61. The number of rotatable bonds is 6. The van der Waals surface area contributed by atoms with E-state index in [2.05, 4.69) is 15.3 Å². The molecule has 2 aromatic rings. The lowest BCUT2D eigenvalue weighted by Gasteiger charge is -2.32. The van der Waals surface area contributed by atoms with E-state index in [-0.39, 0.29) is 24.5 Å². The average molecular weight is 371 g/mol. The highest BCUT2D eigenvalue weighted by Crippen LogP contribution is 2.21. The lowest BCUT2D eigenvalue weighted by Crippen LogP contribution is -2.41. The van der Waals surface area contributed by atoms with E-state index >= 15 is 0 Å². The van der Waals surface area contributed by atoms with E-state index in [1.165, 1.54) is 0 Å². The van der Waals surface area contributed by atoms with Crippen LogP contribution in [-0.2, 0) is 27.3 Å². The van der Waals surface area contributed by atoms with Crippen molar-refractivity contribution < 1.29 is 14.3 Å². The van der Waals surface area contributed by atoms with Gasteiger partial charge >= 0.3 is 0 Å². The van der Waals surface area contributed by atoms with Gasteiger partial charge in [0.25, 0.3) is 0 Å². The second-order valence-corrected chi connectivity index (χ2v) is 6.58. The van der Waals surface area contributed by atoms with Crippen molar-refractivity contribution in [2.75, 3.05) is 26.2 Å². The van der Waals surface area contributed by atoms with E-state index in [0.29, 0.717) is 32.7 Å². The molecule has 1 fully saturated rings. The molecular formula is C19H25N5O3. The van der Waals surface area contributed by atoms with Gasteiger partial charge in [0, 0.05) is 44.5 Å². The molecule has 0 aromatic carbocycles. The Hall–Kier alpha value is -2.74. The maximum atomic E-state index is 12.0. The van der Waals surface area contributed by atoms with E-state index in [4.69, 9.17) is 4.74 Å². The third kappa shape index (κ3) is 5.13. The highest BCUT2D eigenvalue weighted by molar-refractivity contribution is 5.75. The number of ether oxygens (including phenoxy) is 1. The van der Waals surface area contributed by atoms with Crippen molar-refractivity contribution in [2.24, 2.45) is 0 Å². The fourth-order valence-electron chi connectivity index (χ4n) is 3.04. The molecule has 2 aromatic heterocycles. The van der Waals surface area contributed by atoms with Gasteiger partial charge in [-0.25, -0.2) is 4.98 Å². The molecule has 1 unspecified atom stereocenters. The first-order chi connectivity index (χ1) is 13.0. The van der Waals surface area contributed by atoms with Gasteiger partial charge in [0.05, 0.1) is 18.8 Å². The molecule has 144 valence electrons. The Balaban J connectivity index is 1.51. The number of nitrogens with zero attached hydrogens (tertiary/aromatic N) is 4. The molecular weight excluding hydrogens is 346 g/mol. The predicted molar refractivity (Wildman–Crippen MR) is 98.9 cm³/mol. The molecule has 1 atom stereocenters. The molecule has 0 saturated carbocycles. The SMILES string of the molecule is CC(=O)N1CCOC(c2cccc(CCNC(=O)Cn3ccnc3C)n2)C1. The second-order valence-electron chi connectivity index (χ2n) is 6.58. The molecule has 8 nitrogen and oxygen atoms in total. The molecule has 3 rings (SSSR count). The summed E-state index contributed by atoms with van der Waals surface area (Å²) in [7, 11) is 0. The zero-order valence-corrected chi connectivity index (χ0v) is 15.7. The summed E-state index contributed by atoms with van der Waals surface area (Å²) in [6, 6.07) is 5.78. The number of aryl methyl sites for hydroxylation is 1. The molecule has 0 bridgehead atoms. The molecule has 27 heavy (non-hydrogen) atoms. The first-order valence-electron chi connectivity index (χ1n) is 9.10. The number of carbonyl (C=O) groups excluding carboxylic acids is 2. The van der Waals surface area contributed by atoms with Gasteiger partial charge in [-0.2, -0.15) is 0 Å². The van der Waals surface area contributed by atoms with Crippen LogP contribution in [0.1, 0.15) is 30.2 Å². The van der Waals surface area contributed by atoms with Crippen LogP contribution in [0.5, 0.6) is 0 Å². The lowest BCUT2D eigenvalue weighted by atomic mass is 10.1. The molecule has 3 heterocycles. The summed E-state index contributed by atoms with van der Waals surface area (Å²) in [6.07, 6.45) is 3.89. The number of hydrogen-bond acceptors (Lipinski definition) is 5. The van der Waals surface area contributed by atoms with Gasteiger partial charge in [-0.05, 0) is 19.1 Å². The first kappa shape index (κ1) is 19.0. The molecule has 1 aliphatic heterocycles. The van der Waals surface area contributed by atoms with E-state index in [9.17, 15) is 9.59 Å². The van der Waals surface area contributed by atoms with Crippen LogP contribution in [0.4, 0.5) is 0 Å². The van der Waals surface area contributed by atoms with Gasteiger partial charge in [-0.15, -0.1) is 0 Å². The maximum absolute atomic E-state index is 12.0. The highest BCUT2D eigenvalue weighted by atomic mass is 16.5. The van der Waals surface area contributed by atoms with Crippen LogP contribution < -0.4 is 5.32 Å². The molecule has 2 amide bonds. The zero-order valence-electron chi connectivity index (χ0n) is 15.7. The van der Waals surface area contributed by atoms with Crippen LogP contribution in [0.3, 0.4) is 0 Å². The van der Waals surface area contributed by atoms with Gasteiger partial charge < -0.3 is 19.5 Å². The van der Waals surface area contributed by atoms with Crippen LogP contribution in [0.25, 0.3) is 0 Å². The summed E-state index contributed by atoms with van der Waals surface area (Å²) < 4.78 is 7.58. The lowest BCUT2D eigenvalue weighted by molar-refractivity contribution is -0.136. The fraction of sp³-hybridized carbons (Fsp3) is 0.474. The van der Waals surface area contributed by atoms with Crippen molar-refractivity contribution in [1.29, 1.82) is 0 Å². The number of amides is 2. The molecule has 1 aliphatic rings. The van der Waals surface area contributed by atoms with Crippen molar-refractivity contribution >= 4 is 11.8 Å². The Bertz CT molecular complexity index is 804. The van der Waals surface area contributed by atoms with Crippen LogP contribution in [0.2, 0.25) is 0 Å². The quantitative estimate of drug-likeness (QED) is 0.814. The van der Waals surface area contributed by atoms with Gasteiger partial charge in [-0.3, -0.25) is 14.6 Å². The number of aromatic nitrogens is 3. The minimum Gasteiger partial charge on any atom is -0.368 e. The first-order valence-corrected chi connectivity index (χ1v) is 9.10. The Morgan fingerprint density at radius 3 is 2.96 bits per heavy atom. The molecule has 0 radical (unpaired) electrons. The van der Waals surface area contributed by atoms with Crippen molar-refractivity contribution in [3.05, 3.63) is 47.8 Å². The fourth-order valence-corrected chi connectivity index (χ4v) is 3.04. The average Bonchev–Trinajstić information content (AvgIpc) is 3.06. The number of imidazole rings is 1. The van der Waals surface area contributed by atoms with Crippen molar-refractivity contribution in [1.82, 2.24) is 24.8 Å². The van der Waals surface area contributed by atoms with E-state index < -0.39 is 0 Å². The van der Waals surface area contributed by atoms with Crippen LogP contribution in [0.15, 0.2) is 30.6 Å². The summed E-state index contributed by atoms with van der Waals surface area (Å²) in [5.74, 6) is 0.807. The normalized spacial score (nSPS) is 17.0. The summed E-state index contributed by atoms with van der Waals surface area (Å²) in [6.45, 7) is 5.86. The number of nitrogens with one attached hydrogen (secondary N) is 1. The maximum Gasteiger partial charge on any atom is 0.239 e. The van der Waals surface area contributed by atoms with Gasteiger partial charge in [-0.1, -0.05) is 6.07 Å². The topological polar surface area (TPSA) is 89.4 Å². The predicted octanol–water partition coefficient (Wildman–Crippen LogP) is 0.865. The van der Waals surface area contributed by atoms with E-state index in [0.717, 1.165) is 17.2 Å². The Morgan fingerprint density at radius 2 is 2.22 bits per heavy atom. The summed E-state index contributed by atoms with van der Waals surface area (Å²) in [4.78, 5) is 34.1. The smallest absolute Gasteiger partial charge is 0.239 e. The largest absolute Gasteiger partial charge is 0.368 e. The van der Waals surface area contributed by atoms with Crippen LogP contribution >= 0.6 is 0 Å². The molecule has 1 N–H and O–H groups in total. The standard InChI is InChI=1S/C19H25N5O3/c1-14-20-8-9-23(14)13-19(26)21-7-6-16-4-3-5-17(22-16)18-12-24(15(2)25)10-11-27-18/h3-5,8-9,18H,6-7,10-13H2,1-2H3,(H,21,26). The molecule has 8 heteroatoms. The minimum atomic E-state index is -0.207. The second kappa shape index (κ2) is 8.77. The molecule has 0 spiro atoms. The van der Waals surface area contributed by atoms with Crippen LogP contribution in [-0.4, -0.2) is 57.5 Å². The van der Waals surface area contributed by atoms with Crippen LogP contribution in [0, 0.1) is 6.92 Å². The monoisotopic (exact) mass is 371 g/mol. The minimum absolute atomic E-state index is 0.0512. The molecule has 0 aliphatic carbocycles. The van der Waals surface area contributed by atoms with Crippen molar-refractivity contribution in [3.63, 3.8) is 0 Å². The number of hydrogen-bond donors (Lipinski definition) is 1. The summed E-state index contributed by atoms with van der Waals surface area (Å²) in [5, 5.41) is 2.91. The third-order valence-electron chi connectivity index (χ3n) is 4.61. The van der Waals surface area contributed by atoms with Gasteiger partial charge in [0.15, 0.2) is 0 Å². The number of pyridine rings is 1. The van der Waals surface area contributed by atoms with E-state index in [1.54, 1.807) is 28.8 Å². The molecule has 1 saturated heterocycles. The Morgan fingerprint density at radius 1 is 1.37 bits per heavy atom. The Kier molecular flexibility index (Phi) is 6.18. The summed E-state index contributed by atoms with van der Waals surface area (Å²) >= 11 is 0.